The number of amides is 1. The molecule has 1 unspecified atom stereocenters. The van der Waals surface area contributed by atoms with Crippen molar-refractivity contribution < 1.29 is 23.1 Å². The van der Waals surface area contributed by atoms with Gasteiger partial charge in [-0.2, -0.15) is 13.2 Å². The van der Waals surface area contributed by atoms with Crippen LogP contribution in [-0.2, 0) is 4.79 Å². The molecular formula is C12H10Cl2F3NO2. The van der Waals surface area contributed by atoms with Crippen LogP contribution in [-0.4, -0.2) is 29.8 Å². The highest BCUT2D eigenvalue weighted by Gasteiger charge is 2.37. The van der Waals surface area contributed by atoms with E-state index in [2.05, 4.69) is 0 Å². The molecule has 1 aromatic carbocycles. The number of hydrogen-bond acceptors (Lipinski definition) is 2. The first-order chi connectivity index (χ1) is 9.20. The van der Waals surface area contributed by atoms with E-state index >= 15 is 0 Å². The fourth-order valence-electron chi connectivity index (χ4n) is 1.16. The Labute approximate surface area is 123 Å². The zero-order valence-corrected chi connectivity index (χ0v) is 11.4. The minimum absolute atomic E-state index is 0.293. The first-order valence-electron chi connectivity index (χ1n) is 5.36. The number of benzene rings is 1. The van der Waals surface area contributed by atoms with E-state index in [9.17, 15) is 18.0 Å². The minimum Gasteiger partial charge on any atom is -0.382 e. The zero-order valence-electron chi connectivity index (χ0n) is 9.92. The molecule has 0 spiro atoms. The van der Waals surface area contributed by atoms with E-state index in [-0.39, 0.29) is 0 Å². The maximum absolute atomic E-state index is 12.0. The van der Waals surface area contributed by atoms with Gasteiger partial charge in [-0.3, -0.25) is 4.79 Å². The largest absolute Gasteiger partial charge is 0.416 e. The summed E-state index contributed by atoms with van der Waals surface area (Å²) >= 11 is 11.5. The van der Waals surface area contributed by atoms with Crippen molar-refractivity contribution in [3.8, 4) is 0 Å². The third-order valence-electron chi connectivity index (χ3n) is 2.22. The fraction of sp³-hybridized carbons (Fsp3) is 0.250. The smallest absolute Gasteiger partial charge is 0.382 e. The van der Waals surface area contributed by atoms with Crippen LogP contribution in [0.3, 0.4) is 0 Å². The van der Waals surface area contributed by atoms with Gasteiger partial charge in [0.2, 0.25) is 5.91 Å². The number of hydrogen-bond donors (Lipinski definition) is 2. The molecular weight excluding hydrogens is 318 g/mol. The summed E-state index contributed by atoms with van der Waals surface area (Å²) in [4.78, 5) is 11.3. The summed E-state index contributed by atoms with van der Waals surface area (Å²) in [6, 6.07) is 4.61. The van der Waals surface area contributed by atoms with Gasteiger partial charge in [0.25, 0.3) is 0 Å². The third kappa shape index (κ3) is 5.40. The molecule has 0 bridgehead atoms. The molecule has 0 aliphatic carbocycles. The molecule has 0 aliphatic heterocycles. The van der Waals surface area contributed by atoms with Gasteiger partial charge in [-0.25, -0.2) is 0 Å². The lowest BCUT2D eigenvalue weighted by Gasteiger charge is -2.14. The molecule has 0 saturated heterocycles. The molecule has 1 aromatic rings. The van der Waals surface area contributed by atoms with Crippen LogP contribution in [0.15, 0.2) is 24.3 Å². The van der Waals surface area contributed by atoms with Gasteiger partial charge in [0.05, 0.1) is 16.6 Å². The summed E-state index contributed by atoms with van der Waals surface area (Å²) in [5.74, 6) is -0.764. The van der Waals surface area contributed by atoms with Crippen LogP contribution in [0.4, 0.5) is 13.2 Å². The second kappa shape index (κ2) is 6.97. The van der Waals surface area contributed by atoms with Gasteiger partial charge in [0.1, 0.15) is 0 Å². The summed E-state index contributed by atoms with van der Waals surface area (Å²) in [5, 5.41) is 11.3. The normalized spacial score (nSPS) is 13.5. The molecule has 1 rings (SSSR count). The maximum atomic E-state index is 12.0. The average Bonchev–Trinajstić information content (AvgIpc) is 2.36. The number of carbonyl (C=O) groups is 1. The van der Waals surface area contributed by atoms with E-state index < -0.39 is 24.7 Å². The predicted molar refractivity (Wildman–Crippen MR) is 70.6 cm³/mol. The van der Waals surface area contributed by atoms with Crippen molar-refractivity contribution in [2.45, 2.75) is 12.3 Å². The Hall–Kier alpha value is -1.24. The SMILES string of the molecule is O=C(/C=C/c1ccc(Cl)c(Cl)c1)NCC(O)C(F)(F)F. The number of carbonyl (C=O) groups excluding carboxylic acids is 1. The molecule has 0 aliphatic rings. The summed E-state index contributed by atoms with van der Waals surface area (Å²) in [5.41, 5.74) is 0.561. The van der Waals surface area contributed by atoms with Crippen molar-refractivity contribution in [2.75, 3.05) is 6.54 Å². The predicted octanol–water partition coefficient (Wildman–Crippen LogP) is 3.05. The molecule has 110 valence electrons. The first kappa shape index (κ1) is 16.8. The van der Waals surface area contributed by atoms with E-state index in [1.165, 1.54) is 18.2 Å². The number of nitrogens with one attached hydrogen (secondary N) is 1. The third-order valence-corrected chi connectivity index (χ3v) is 2.96. The van der Waals surface area contributed by atoms with Crippen molar-refractivity contribution in [2.24, 2.45) is 0 Å². The lowest BCUT2D eigenvalue weighted by molar-refractivity contribution is -0.201. The summed E-state index contributed by atoms with van der Waals surface area (Å²) in [7, 11) is 0. The van der Waals surface area contributed by atoms with Crippen LogP contribution in [0.5, 0.6) is 0 Å². The highest BCUT2D eigenvalue weighted by molar-refractivity contribution is 6.42. The van der Waals surface area contributed by atoms with Crippen molar-refractivity contribution in [1.82, 2.24) is 5.32 Å². The van der Waals surface area contributed by atoms with Crippen LogP contribution in [0.1, 0.15) is 5.56 Å². The number of aliphatic hydroxyl groups is 1. The summed E-state index contributed by atoms with van der Waals surface area (Å²) in [6.07, 6.45) is -4.97. The molecule has 0 saturated carbocycles. The molecule has 0 aromatic heterocycles. The summed E-state index contributed by atoms with van der Waals surface area (Å²) < 4.78 is 36.0. The number of rotatable bonds is 4. The van der Waals surface area contributed by atoms with E-state index in [0.29, 0.717) is 15.6 Å². The van der Waals surface area contributed by atoms with Crippen LogP contribution >= 0.6 is 23.2 Å². The Morgan fingerprint density at radius 3 is 2.55 bits per heavy atom. The Bertz CT molecular complexity index is 518. The monoisotopic (exact) mass is 327 g/mol. The topological polar surface area (TPSA) is 49.3 Å². The minimum atomic E-state index is -4.76. The van der Waals surface area contributed by atoms with Crippen molar-refractivity contribution in [3.05, 3.63) is 39.9 Å². The maximum Gasteiger partial charge on any atom is 0.416 e. The Balaban J connectivity index is 2.54. The quantitative estimate of drug-likeness (QED) is 0.835. The molecule has 0 heterocycles. The van der Waals surface area contributed by atoms with Crippen molar-refractivity contribution >= 4 is 35.2 Å². The van der Waals surface area contributed by atoms with Gasteiger partial charge in [-0.1, -0.05) is 29.3 Å². The molecule has 2 N–H and O–H groups in total. The molecule has 0 fully saturated rings. The molecule has 0 radical (unpaired) electrons. The van der Waals surface area contributed by atoms with Gasteiger partial charge in [-0.05, 0) is 23.8 Å². The van der Waals surface area contributed by atoms with Crippen LogP contribution in [0, 0.1) is 0 Å². The lowest BCUT2D eigenvalue weighted by Crippen LogP contribution is -2.40. The second-order valence-corrected chi connectivity index (χ2v) is 4.62. The molecule has 1 atom stereocenters. The summed E-state index contributed by atoms with van der Waals surface area (Å²) in [6.45, 7) is -0.909. The standard InChI is InChI=1S/C12H10Cl2F3NO2/c13-8-3-1-7(5-9(8)14)2-4-11(20)18-6-10(19)12(15,16)17/h1-5,10,19H,6H2,(H,18,20)/b4-2+. The number of aliphatic hydroxyl groups excluding tert-OH is 1. The van der Waals surface area contributed by atoms with Gasteiger partial charge in [0, 0.05) is 6.08 Å². The van der Waals surface area contributed by atoms with Crippen LogP contribution in [0.2, 0.25) is 10.0 Å². The lowest BCUT2D eigenvalue weighted by atomic mass is 10.2. The van der Waals surface area contributed by atoms with Crippen molar-refractivity contribution in [1.29, 1.82) is 0 Å². The van der Waals surface area contributed by atoms with E-state index in [1.54, 1.807) is 6.07 Å². The average molecular weight is 328 g/mol. The zero-order chi connectivity index (χ0) is 15.3. The van der Waals surface area contributed by atoms with E-state index in [4.69, 9.17) is 28.3 Å². The molecule has 1 amide bonds. The molecule has 20 heavy (non-hydrogen) atoms. The van der Waals surface area contributed by atoms with Gasteiger partial charge in [0.15, 0.2) is 6.10 Å². The molecule has 8 heteroatoms. The van der Waals surface area contributed by atoms with Crippen molar-refractivity contribution in [3.63, 3.8) is 0 Å². The number of alkyl halides is 3. The highest BCUT2D eigenvalue weighted by atomic mass is 35.5. The van der Waals surface area contributed by atoms with Gasteiger partial charge < -0.3 is 10.4 Å². The Kier molecular flexibility index (Phi) is 5.86. The van der Waals surface area contributed by atoms with E-state index in [0.717, 1.165) is 6.08 Å². The van der Waals surface area contributed by atoms with Crippen LogP contribution in [0.25, 0.3) is 6.08 Å². The second-order valence-electron chi connectivity index (χ2n) is 3.81. The van der Waals surface area contributed by atoms with Crippen LogP contribution < -0.4 is 5.32 Å². The Morgan fingerprint density at radius 2 is 2.00 bits per heavy atom. The fourth-order valence-corrected chi connectivity index (χ4v) is 1.47. The van der Waals surface area contributed by atoms with E-state index in [1.807, 2.05) is 5.32 Å². The highest BCUT2D eigenvalue weighted by Crippen LogP contribution is 2.23. The molecule has 3 nitrogen and oxygen atoms in total. The van der Waals surface area contributed by atoms with Gasteiger partial charge in [-0.15, -0.1) is 0 Å². The van der Waals surface area contributed by atoms with Gasteiger partial charge >= 0.3 is 6.18 Å². The number of halogens is 5. The first-order valence-corrected chi connectivity index (χ1v) is 6.11. The Morgan fingerprint density at radius 1 is 1.35 bits per heavy atom.